The summed E-state index contributed by atoms with van der Waals surface area (Å²) in [6.45, 7) is 1.95. The van der Waals surface area contributed by atoms with Gasteiger partial charge < -0.3 is 10.5 Å². The minimum atomic E-state index is -0.579. The van der Waals surface area contributed by atoms with Crippen LogP contribution in [0.2, 0.25) is 9.36 Å². The highest BCUT2D eigenvalue weighted by atomic mass is 35.5. The smallest absolute Gasteiger partial charge is 0.183 e. The average molecular weight is 334 g/mol. The largest absolute Gasteiger partial charge is 0.480 e. The van der Waals surface area contributed by atoms with Crippen LogP contribution in [-0.2, 0) is 0 Å². The van der Waals surface area contributed by atoms with Crippen LogP contribution >= 0.6 is 34.5 Å². The van der Waals surface area contributed by atoms with E-state index < -0.39 is 11.9 Å². The average Bonchev–Trinajstić information content (AvgIpc) is 2.86. The Morgan fingerprint density at radius 2 is 2.05 bits per heavy atom. The third-order valence-corrected chi connectivity index (χ3v) is 4.49. The molecule has 0 saturated heterocycles. The molecule has 0 amide bonds. The first-order valence-corrected chi connectivity index (χ1v) is 7.71. The number of thiophene rings is 1. The molecule has 20 heavy (non-hydrogen) atoms. The zero-order valence-electron chi connectivity index (χ0n) is 10.8. The van der Waals surface area contributed by atoms with Crippen LogP contribution in [0.25, 0.3) is 0 Å². The van der Waals surface area contributed by atoms with Crippen LogP contribution in [-0.4, -0.2) is 6.04 Å². The van der Waals surface area contributed by atoms with Crippen molar-refractivity contribution in [2.24, 2.45) is 5.73 Å². The third-order valence-electron chi connectivity index (χ3n) is 2.90. The molecule has 1 aromatic heterocycles. The first-order valence-electron chi connectivity index (χ1n) is 6.14. The van der Waals surface area contributed by atoms with Crippen LogP contribution in [0.5, 0.6) is 5.75 Å². The van der Waals surface area contributed by atoms with Crippen LogP contribution < -0.4 is 10.5 Å². The summed E-state index contributed by atoms with van der Waals surface area (Å²) in [5, 5.41) is 0.0236. The normalized spacial score (nSPS) is 14.1. The van der Waals surface area contributed by atoms with E-state index >= 15 is 0 Å². The molecule has 0 saturated carbocycles. The maximum atomic E-state index is 13.9. The lowest BCUT2D eigenvalue weighted by Crippen LogP contribution is -2.31. The number of benzene rings is 1. The van der Waals surface area contributed by atoms with Gasteiger partial charge in [0.25, 0.3) is 0 Å². The van der Waals surface area contributed by atoms with E-state index in [2.05, 4.69) is 0 Å². The van der Waals surface area contributed by atoms with Gasteiger partial charge in [-0.15, -0.1) is 11.3 Å². The van der Waals surface area contributed by atoms with Gasteiger partial charge in [-0.1, -0.05) is 36.2 Å². The predicted octanol–water partition coefficient (Wildman–Crippen LogP) is 5.05. The van der Waals surface area contributed by atoms with Crippen LogP contribution in [0, 0.1) is 5.82 Å². The van der Waals surface area contributed by atoms with Gasteiger partial charge in [0.15, 0.2) is 11.6 Å². The predicted molar refractivity (Wildman–Crippen MR) is 82.4 cm³/mol. The first-order chi connectivity index (χ1) is 9.52. The lowest BCUT2D eigenvalue weighted by atomic mass is 10.1. The Kier molecular flexibility index (Phi) is 5.27. The SMILES string of the molecule is CCC(N)C(Oc1cccc(Cl)c1F)c1ccc(Cl)s1. The monoisotopic (exact) mass is 333 g/mol. The molecular weight excluding hydrogens is 320 g/mol. The van der Waals surface area contributed by atoms with Crippen molar-refractivity contribution in [1.29, 1.82) is 0 Å². The quantitative estimate of drug-likeness (QED) is 0.830. The van der Waals surface area contributed by atoms with Crippen molar-refractivity contribution in [2.75, 3.05) is 0 Å². The molecule has 0 aliphatic rings. The molecule has 108 valence electrons. The first kappa shape index (κ1) is 15.6. The van der Waals surface area contributed by atoms with Crippen molar-refractivity contribution in [1.82, 2.24) is 0 Å². The lowest BCUT2D eigenvalue weighted by molar-refractivity contribution is 0.167. The van der Waals surface area contributed by atoms with E-state index in [1.54, 1.807) is 12.1 Å². The zero-order chi connectivity index (χ0) is 14.7. The minimum absolute atomic E-state index is 0.0236. The van der Waals surface area contributed by atoms with Gasteiger partial charge in [-0.2, -0.15) is 0 Å². The minimum Gasteiger partial charge on any atom is -0.480 e. The van der Waals surface area contributed by atoms with Crippen molar-refractivity contribution in [3.8, 4) is 5.75 Å². The number of rotatable bonds is 5. The second kappa shape index (κ2) is 6.76. The van der Waals surface area contributed by atoms with Gasteiger partial charge in [-0.05, 0) is 30.7 Å². The summed E-state index contributed by atoms with van der Waals surface area (Å²) in [5.41, 5.74) is 6.08. The van der Waals surface area contributed by atoms with Crippen molar-refractivity contribution < 1.29 is 9.13 Å². The van der Waals surface area contributed by atoms with Gasteiger partial charge in [0.1, 0.15) is 6.10 Å². The van der Waals surface area contributed by atoms with Gasteiger partial charge in [0, 0.05) is 10.9 Å². The second-order valence-electron chi connectivity index (χ2n) is 4.30. The molecule has 1 heterocycles. The lowest BCUT2D eigenvalue weighted by Gasteiger charge is -2.23. The summed E-state index contributed by atoms with van der Waals surface area (Å²) in [5.74, 6) is -0.485. The van der Waals surface area contributed by atoms with Crippen molar-refractivity contribution >= 4 is 34.5 Å². The molecule has 2 unspecified atom stereocenters. The molecule has 0 bridgehead atoms. The number of nitrogens with two attached hydrogens (primary N) is 1. The fourth-order valence-electron chi connectivity index (χ4n) is 1.76. The van der Waals surface area contributed by atoms with Crippen molar-refractivity contribution in [3.63, 3.8) is 0 Å². The van der Waals surface area contributed by atoms with Gasteiger partial charge in [0.2, 0.25) is 0 Å². The van der Waals surface area contributed by atoms with Gasteiger partial charge in [-0.3, -0.25) is 0 Å². The molecule has 2 rings (SSSR count). The topological polar surface area (TPSA) is 35.2 Å². The molecule has 0 spiro atoms. The molecule has 0 fully saturated rings. The van der Waals surface area contributed by atoms with Crippen LogP contribution in [0.1, 0.15) is 24.3 Å². The van der Waals surface area contributed by atoms with Crippen LogP contribution in [0.4, 0.5) is 4.39 Å². The summed E-state index contributed by atoms with van der Waals surface area (Å²) in [4.78, 5) is 0.865. The second-order valence-corrected chi connectivity index (χ2v) is 6.46. The molecule has 0 radical (unpaired) electrons. The summed E-state index contributed by atoms with van der Waals surface area (Å²) in [6, 6.07) is 8.00. The number of hydrogen-bond acceptors (Lipinski definition) is 3. The maximum Gasteiger partial charge on any atom is 0.183 e. The van der Waals surface area contributed by atoms with Crippen LogP contribution in [0.3, 0.4) is 0 Å². The third kappa shape index (κ3) is 3.44. The number of ether oxygens (including phenoxy) is 1. The number of halogens is 3. The van der Waals surface area contributed by atoms with E-state index in [0.29, 0.717) is 10.8 Å². The fraction of sp³-hybridized carbons (Fsp3) is 0.286. The molecule has 2 N–H and O–H groups in total. The Balaban J connectivity index is 2.31. The highest BCUT2D eigenvalue weighted by Crippen LogP contribution is 2.34. The number of hydrogen-bond donors (Lipinski definition) is 1. The molecule has 0 aliphatic heterocycles. The molecule has 1 aromatic carbocycles. The Hall–Kier alpha value is -0.810. The van der Waals surface area contributed by atoms with E-state index in [1.807, 2.05) is 13.0 Å². The van der Waals surface area contributed by atoms with Crippen molar-refractivity contribution in [3.05, 3.63) is 50.4 Å². The summed E-state index contributed by atoms with van der Waals surface area (Å²) >= 11 is 13.1. The zero-order valence-corrected chi connectivity index (χ0v) is 13.1. The summed E-state index contributed by atoms with van der Waals surface area (Å²) in [7, 11) is 0. The standard InChI is InChI=1S/C14H14Cl2FNOS/c1-2-9(18)14(11-6-7-12(16)20-11)19-10-5-3-4-8(15)13(10)17/h3-7,9,14H,2,18H2,1H3. The van der Waals surface area contributed by atoms with E-state index in [-0.39, 0.29) is 16.8 Å². The Morgan fingerprint density at radius 3 is 2.65 bits per heavy atom. The maximum absolute atomic E-state index is 13.9. The molecule has 2 nitrogen and oxygen atoms in total. The molecule has 6 heteroatoms. The molecule has 2 atom stereocenters. The summed E-state index contributed by atoms with van der Waals surface area (Å²) < 4.78 is 20.3. The fourth-order valence-corrected chi connectivity index (χ4v) is 3.10. The molecular formula is C14H14Cl2FNOS. The van der Waals surface area contributed by atoms with Crippen molar-refractivity contribution in [2.45, 2.75) is 25.5 Å². The Bertz CT molecular complexity index is 590. The highest BCUT2D eigenvalue weighted by Gasteiger charge is 2.24. The highest BCUT2D eigenvalue weighted by molar-refractivity contribution is 7.16. The van der Waals surface area contributed by atoms with Crippen LogP contribution in [0.15, 0.2) is 30.3 Å². The Morgan fingerprint density at radius 1 is 1.30 bits per heavy atom. The van der Waals surface area contributed by atoms with E-state index in [9.17, 15) is 4.39 Å². The van der Waals surface area contributed by atoms with Gasteiger partial charge in [-0.25, -0.2) is 4.39 Å². The van der Waals surface area contributed by atoms with Gasteiger partial charge >= 0.3 is 0 Å². The van der Waals surface area contributed by atoms with E-state index in [0.717, 1.165) is 4.88 Å². The van der Waals surface area contributed by atoms with E-state index in [4.69, 9.17) is 33.7 Å². The molecule has 0 aliphatic carbocycles. The van der Waals surface area contributed by atoms with Gasteiger partial charge in [0.05, 0.1) is 9.36 Å². The van der Waals surface area contributed by atoms with E-state index in [1.165, 1.54) is 23.5 Å². The summed E-state index contributed by atoms with van der Waals surface area (Å²) in [6.07, 6.45) is 0.244. The molecule has 2 aromatic rings. The Labute approximate surface area is 131 Å².